The molecule has 248 valence electrons. The van der Waals surface area contributed by atoms with Crippen LogP contribution in [0.15, 0.2) is 71.6 Å². The van der Waals surface area contributed by atoms with Crippen molar-refractivity contribution in [2.75, 3.05) is 32.2 Å². The number of carbonyl (C=O) groups excluding carboxylic acids is 2. The summed E-state index contributed by atoms with van der Waals surface area (Å²) in [5.41, 5.74) is 2.00. The number of nitrogens with zero attached hydrogens (tertiary/aromatic N) is 2. The summed E-state index contributed by atoms with van der Waals surface area (Å²) in [6.45, 7) is 3.31. The Hall–Kier alpha value is -4.25. The quantitative estimate of drug-likeness (QED) is 0.246. The van der Waals surface area contributed by atoms with E-state index in [4.69, 9.17) is 14.2 Å². The maximum Gasteiger partial charge on any atom is 0.264 e. The molecule has 3 aromatic carbocycles. The molecule has 0 spiro atoms. The molecule has 1 aliphatic rings. The number of hydrogen-bond acceptors (Lipinski definition) is 7. The lowest BCUT2D eigenvalue weighted by Gasteiger charge is -2.34. The van der Waals surface area contributed by atoms with E-state index in [1.54, 1.807) is 37.4 Å². The number of sulfonamides is 1. The minimum Gasteiger partial charge on any atom is -0.497 e. The van der Waals surface area contributed by atoms with Crippen molar-refractivity contribution >= 4 is 27.5 Å². The standard InChI is InChI=1S/C35H45N3O7S/c1-6-31(35(40)36-27-12-8-7-9-13-27)37(23-26-11-10-14-29(21-26)43-3)34(39)24-38(28-17-15-25(2)16-18-28)46(41,42)30-19-20-32(44-4)33(22-30)45-5/h10-11,14-22,27,31H,6-9,12-13,23-24H2,1-5H3,(H,36,40)/t31-/m1/s1. The second-order valence-corrected chi connectivity index (χ2v) is 13.4. The summed E-state index contributed by atoms with van der Waals surface area (Å²) in [7, 11) is 0.173. The van der Waals surface area contributed by atoms with Crippen LogP contribution in [0.2, 0.25) is 0 Å². The predicted octanol–water partition coefficient (Wildman–Crippen LogP) is 5.47. The molecule has 11 heteroatoms. The molecule has 0 bridgehead atoms. The van der Waals surface area contributed by atoms with Crippen LogP contribution in [-0.4, -0.2) is 65.1 Å². The number of aryl methyl sites for hydroxylation is 1. The van der Waals surface area contributed by atoms with Gasteiger partial charge in [0.25, 0.3) is 10.0 Å². The second-order valence-electron chi connectivity index (χ2n) is 11.5. The second kappa shape index (κ2) is 15.8. The van der Waals surface area contributed by atoms with Crippen molar-refractivity contribution in [3.05, 3.63) is 77.9 Å². The number of hydrogen-bond donors (Lipinski definition) is 1. The van der Waals surface area contributed by atoms with Gasteiger partial charge in [0.05, 0.1) is 31.9 Å². The fraction of sp³-hybridized carbons (Fsp3) is 0.429. The van der Waals surface area contributed by atoms with Crippen LogP contribution in [0, 0.1) is 6.92 Å². The van der Waals surface area contributed by atoms with Gasteiger partial charge >= 0.3 is 0 Å². The number of benzene rings is 3. The molecule has 2 amide bonds. The third-order valence-corrected chi connectivity index (χ3v) is 10.1. The molecule has 0 saturated heterocycles. The highest BCUT2D eigenvalue weighted by Crippen LogP contribution is 2.32. The Balaban J connectivity index is 1.74. The fourth-order valence-electron chi connectivity index (χ4n) is 5.78. The highest BCUT2D eigenvalue weighted by atomic mass is 32.2. The van der Waals surface area contributed by atoms with Crippen LogP contribution in [0.5, 0.6) is 17.2 Å². The van der Waals surface area contributed by atoms with Gasteiger partial charge in [-0.2, -0.15) is 0 Å². The Morgan fingerprint density at radius 1 is 0.891 bits per heavy atom. The normalized spacial score (nSPS) is 14.2. The third kappa shape index (κ3) is 8.31. The summed E-state index contributed by atoms with van der Waals surface area (Å²) >= 11 is 0. The van der Waals surface area contributed by atoms with Crippen LogP contribution in [0.1, 0.15) is 56.6 Å². The smallest absolute Gasteiger partial charge is 0.264 e. The van der Waals surface area contributed by atoms with Gasteiger partial charge in [0.15, 0.2) is 11.5 Å². The van der Waals surface area contributed by atoms with E-state index in [1.807, 2.05) is 32.0 Å². The zero-order chi connectivity index (χ0) is 33.3. The molecule has 1 fully saturated rings. The van der Waals surface area contributed by atoms with Crippen LogP contribution in [0.4, 0.5) is 5.69 Å². The minimum atomic E-state index is -4.28. The number of nitrogens with one attached hydrogen (secondary N) is 1. The monoisotopic (exact) mass is 651 g/mol. The van der Waals surface area contributed by atoms with Crippen LogP contribution >= 0.6 is 0 Å². The SMILES string of the molecule is CC[C@H](C(=O)NC1CCCCC1)N(Cc1cccc(OC)c1)C(=O)CN(c1ccc(C)cc1)S(=O)(=O)c1ccc(OC)c(OC)c1. The van der Waals surface area contributed by atoms with Crippen molar-refractivity contribution in [3.63, 3.8) is 0 Å². The van der Waals surface area contributed by atoms with E-state index in [2.05, 4.69) is 5.32 Å². The van der Waals surface area contributed by atoms with E-state index in [-0.39, 0.29) is 29.1 Å². The summed E-state index contributed by atoms with van der Waals surface area (Å²) in [5, 5.41) is 3.17. The molecule has 1 aliphatic carbocycles. The van der Waals surface area contributed by atoms with Gasteiger partial charge in [0, 0.05) is 18.7 Å². The maximum atomic E-state index is 14.4. The number of anilines is 1. The van der Waals surface area contributed by atoms with E-state index in [9.17, 15) is 18.0 Å². The van der Waals surface area contributed by atoms with Crippen molar-refractivity contribution in [1.29, 1.82) is 0 Å². The van der Waals surface area contributed by atoms with Crippen LogP contribution in [-0.2, 0) is 26.2 Å². The zero-order valence-electron chi connectivity index (χ0n) is 27.3. The Morgan fingerprint density at radius 2 is 1.59 bits per heavy atom. The first-order valence-corrected chi connectivity index (χ1v) is 17.1. The molecule has 4 rings (SSSR count). The minimum absolute atomic E-state index is 0.0542. The number of amides is 2. The summed E-state index contributed by atoms with van der Waals surface area (Å²) in [6.07, 6.45) is 5.39. The topological polar surface area (TPSA) is 114 Å². The zero-order valence-corrected chi connectivity index (χ0v) is 28.1. The fourth-order valence-corrected chi connectivity index (χ4v) is 7.21. The first-order valence-electron chi connectivity index (χ1n) is 15.7. The van der Waals surface area contributed by atoms with Gasteiger partial charge in [-0.15, -0.1) is 0 Å². The van der Waals surface area contributed by atoms with Crippen molar-refractivity contribution in [1.82, 2.24) is 10.2 Å². The third-order valence-electron chi connectivity index (χ3n) is 8.37. The molecule has 1 N–H and O–H groups in total. The highest BCUT2D eigenvalue weighted by Gasteiger charge is 2.35. The largest absolute Gasteiger partial charge is 0.497 e. The number of methoxy groups -OCH3 is 3. The van der Waals surface area contributed by atoms with Gasteiger partial charge in [0.1, 0.15) is 18.3 Å². The molecule has 1 atom stereocenters. The molecule has 0 radical (unpaired) electrons. The number of ether oxygens (including phenoxy) is 3. The van der Waals surface area contributed by atoms with Crippen molar-refractivity contribution < 1.29 is 32.2 Å². The summed E-state index contributed by atoms with van der Waals surface area (Å²) in [6, 6.07) is 17.7. The average molecular weight is 652 g/mol. The molecule has 0 unspecified atom stereocenters. The van der Waals surface area contributed by atoms with E-state index < -0.39 is 28.5 Å². The van der Waals surface area contributed by atoms with E-state index in [1.165, 1.54) is 37.3 Å². The van der Waals surface area contributed by atoms with Gasteiger partial charge in [-0.1, -0.05) is 56.0 Å². The molecule has 10 nitrogen and oxygen atoms in total. The Morgan fingerprint density at radius 3 is 2.22 bits per heavy atom. The van der Waals surface area contributed by atoms with Crippen LogP contribution in [0.25, 0.3) is 0 Å². The summed E-state index contributed by atoms with van der Waals surface area (Å²) in [4.78, 5) is 29.6. The Kier molecular flexibility index (Phi) is 11.9. The number of carbonyl (C=O) groups is 2. The molecule has 3 aromatic rings. The molecule has 0 aliphatic heterocycles. The molecule has 46 heavy (non-hydrogen) atoms. The van der Waals surface area contributed by atoms with Crippen molar-refractivity contribution in [3.8, 4) is 17.2 Å². The summed E-state index contributed by atoms with van der Waals surface area (Å²) in [5.74, 6) is 0.470. The van der Waals surface area contributed by atoms with Crippen LogP contribution in [0.3, 0.4) is 0 Å². The van der Waals surface area contributed by atoms with E-state index in [0.29, 0.717) is 23.6 Å². The van der Waals surface area contributed by atoms with Crippen molar-refractivity contribution in [2.45, 2.75) is 75.9 Å². The number of rotatable bonds is 14. The lowest BCUT2D eigenvalue weighted by Crippen LogP contribution is -2.54. The van der Waals surface area contributed by atoms with Gasteiger partial charge in [-0.05, 0) is 68.1 Å². The Labute approximate surface area is 272 Å². The first kappa shape index (κ1) is 34.6. The molecular weight excluding hydrogens is 606 g/mol. The van der Waals surface area contributed by atoms with E-state index in [0.717, 1.165) is 47.5 Å². The van der Waals surface area contributed by atoms with Crippen molar-refractivity contribution in [2.24, 2.45) is 0 Å². The predicted molar refractivity (Wildman–Crippen MR) is 178 cm³/mol. The van der Waals surface area contributed by atoms with Gasteiger partial charge in [-0.3, -0.25) is 13.9 Å². The van der Waals surface area contributed by atoms with Gasteiger partial charge in [-0.25, -0.2) is 8.42 Å². The summed E-state index contributed by atoms with van der Waals surface area (Å²) < 4.78 is 45.7. The molecule has 0 heterocycles. The van der Waals surface area contributed by atoms with Gasteiger partial charge < -0.3 is 24.4 Å². The van der Waals surface area contributed by atoms with Crippen LogP contribution < -0.4 is 23.8 Å². The highest BCUT2D eigenvalue weighted by molar-refractivity contribution is 7.92. The van der Waals surface area contributed by atoms with Gasteiger partial charge in [0.2, 0.25) is 11.8 Å². The molecule has 0 aromatic heterocycles. The maximum absolute atomic E-state index is 14.4. The lowest BCUT2D eigenvalue weighted by molar-refractivity contribution is -0.140. The molecule has 1 saturated carbocycles. The molecular formula is C35H45N3O7S. The Bertz CT molecular complexity index is 1590. The average Bonchev–Trinajstić information content (AvgIpc) is 3.07. The van der Waals surface area contributed by atoms with E-state index >= 15 is 0 Å². The lowest BCUT2D eigenvalue weighted by atomic mass is 9.95. The first-order chi connectivity index (χ1) is 22.1.